The molecule has 2 aromatic rings. The first-order valence-electron chi connectivity index (χ1n) is 8.55. The van der Waals surface area contributed by atoms with E-state index >= 15 is 0 Å². The summed E-state index contributed by atoms with van der Waals surface area (Å²) in [5, 5.41) is 5.60. The molecule has 0 radical (unpaired) electrons. The summed E-state index contributed by atoms with van der Waals surface area (Å²) in [6.45, 7) is 5.60. The van der Waals surface area contributed by atoms with Crippen LogP contribution in [0.2, 0.25) is 0 Å². The zero-order valence-corrected chi connectivity index (χ0v) is 17.0. The molecule has 2 N–H and O–H groups in total. The Kier molecular flexibility index (Phi) is 7.36. The average molecular weight is 437 g/mol. The minimum absolute atomic E-state index is 0.0472. The Balaban J connectivity index is 1.86. The highest BCUT2D eigenvalue weighted by atomic mass is 79.9. The third-order valence-electron chi connectivity index (χ3n) is 3.78. The summed E-state index contributed by atoms with van der Waals surface area (Å²) in [6.07, 6.45) is -0.739. The van der Waals surface area contributed by atoms with Gasteiger partial charge < -0.3 is 15.4 Å². The maximum atomic E-state index is 13.1. The summed E-state index contributed by atoms with van der Waals surface area (Å²) in [5.74, 6) is -0.423. The monoisotopic (exact) mass is 436 g/mol. The molecule has 0 aliphatic carbocycles. The van der Waals surface area contributed by atoms with Crippen LogP contribution >= 0.6 is 15.9 Å². The first-order valence-corrected chi connectivity index (χ1v) is 9.34. The molecule has 27 heavy (non-hydrogen) atoms. The molecule has 0 saturated heterocycles. The highest BCUT2D eigenvalue weighted by molar-refractivity contribution is 9.10. The van der Waals surface area contributed by atoms with Crippen LogP contribution in [-0.4, -0.2) is 17.9 Å². The smallest absolute Gasteiger partial charge is 0.261 e. The van der Waals surface area contributed by atoms with Gasteiger partial charge in [0.1, 0.15) is 11.6 Å². The van der Waals surface area contributed by atoms with Crippen molar-refractivity contribution in [2.45, 2.75) is 33.4 Å². The van der Waals surface area contributed by atoms with Crippen molar-refractivity contribution in [2.75, 3.05) is 5.32 Å². The second kappa shape index (κ2) is 9.50. The van der Waals surface area contributed by atoms with Crippen molar-refractivity contribution in [3.63, 3.8) is 0 Å². The number of anilines is 1. The van der Waals surface area contributed by atoms with Gasteiger partial charge in [0.15, 0.2) is 6.10 Å². The fourth-order valence-electron chi connectivity index (χ4n) is 2.14. The molecular weight excluding hydrogens is 415 g/mol. The first kappa shape index (κ1) is 20.9. The van der Waals surface area contributed by atoms with Gasteiger partial charge in [0.25, 0.3) is 5.91 Å². The zero-order valence-electron chi connectivity index (χ0n) is 15.4. The maximum absolute atomic E-state index is 13.1. The van der Waals surface area contributed by atoms with Crippen molar-refractivity contribution in [1.29, 1.82) is 0 Å². The summed E-state index contributed by atoms with van der Waals surface area (Å²) < 4.78 is 19.1. The van der Waals surface area contributed by atoms with E-state index in [1.807, 2.05) is 26.0 Å². The summed E-state index contributed by atoms with van der Waals surface area (Å²) >= 11 is 3.21. The number of rotatable bonds is 7. The summed E-state index contributed by atoms with van der Waals surface area (Å²) in [4.78, 5) is 23.9. The molecule has 0 aliphatic heterocycles. The van der Waals surface area contributed by atoms with E-state index in [4.69, 9.17) is 4.74 Å². The van der Waals surface area contributed by atoms with E-state index in [1.54, 1.807) is 19.1 Å². The van der Waals surface area contributed by atoms with Gasteiger partial charge in [-0.1, -0.05) is 26.0 Å². The van der Waals surface area contributed by atoms with Crippen LogP contribution in [0.1, 0.15) is 26.3 Å². The fourth-order valence-corrected chi connectivity index (χ4v) is 2.58. The number of hydrogen-bond acceptors (Lipinski definition) is 3. The van der Waals surface area contributed by atoms with Gasteiger partial charge in [0.2, 0.25) is 5.91 Å². The number of carbonyl (C=O) groups is 2. The third kappa shape index (κ3) is 6.36. The largest absolute Gasteiger partial charge is 0.480 e. The van der Waals surface area contributed by atoms with Gasteiger partial charge in [-0.25, -0.2) is 4.39 Å². The lowest BCUT2D eigenvalue weighted by atomic mass is 10.1. The molecule has 5 nitrogen and oxygen atoms in total. The van der Waals surface area contributed by atoms with Crippen LogP contribution < -0.4 is 15.4 Å². The Morgan fingerprint density at radius 1 is 1.07 bits per heavy atom. The summed E-state index contributed by atoms with van der Waals surface area (Å²) in [5.41, 5.74) is 1.60. The van der Waals surface area contributed by atoms with Crippen LogP contribution in [0.5, 0.6) is 5.75 Å². The number of nitrogens with one attached hydrogen (secondary N) is 2. The molecule has 0 saturated carbocycles. The number of carbonyl (C=O) groups excluding carboxylic acids is 2. The normalized spacial score (nSPS) is 11.8. The van der Waals surface area contributed by atoms with E-state index in [-0.39, 0.29) is 23.5 Å². The van der Waals surface area contributed by atoms with E-state index in [1.165, 1.54) is 18.2 Å². The predicted octanol–water partition coefficient (Wildman–Crippen LogP) is 4.27. The molecule has 2 amide bonds. The highest BCUT2D eigenvalue weighted by Crippen LogP contribution is 2.26. The Bertz CT molecular complexity index is 809. The quantitative estimate of drug-likeness (QED) is 0.680. The topological polar surface area (TPSA) is 67.4 Å². The van der Waals surface area contributed by atoms with Crippen LogP contribution in [-0.2, 0) is 16.1 Å². The van der Waals surface area contributed by atoms with Crippen molar-refractivity contribution >= 4 is 33.4 Å². The fraction of sp³-hybridized carbons (Fsp3) is 0.300. The molecular formula is C20H22BrFN2O3. The van der Waals surface area contributed by atoms with Gasteiger partial charge in [0.05, 0.1) is 4.47 Å². The number of halogens is 2. The van der Waals surface area contributed by atoms with Crippen molar-refractivity contribution in [3.8, 4) is 5.75 Å². The van der Waals surface area contributed by atoms with Crippen molar-refractivity contribution in [2.24, 2.45) is 5.92 Å². The van der Waals surface area contributed by atoms with Crippen LogP contribution in [0.4, 0.5) is 10.1 Å². The Hall–Kier alpha value is -2.41. The van der Waals surface area contributed by atoms with E-state index in [9.17, 15) is 14.0 Å². The van der Waals surface area contributed by atoms with Gasteiger partial charge >= 0.3 is 0 Å². The molecule has 0 aromatic heterocycles. The van der Waals surface area contributed by atoms with Gasteiger partial charge in [-0.15, -0.1) is 0 Å². The Morgan fingerprint density at radius 3 is 2.33 bits per heavy atom. The molecule has 7 heteroatoms. The van der Waals surface area contributed by atoms with Crippen molar-refractivity contribution < 1.29 is 18.7 Å². The van der Waals surface area contributed by atoms with Crippen LogP contribution in [0.3, 0.4) is 0 Å². The molecule has 0 bridgehead atoms. The number of benzene rings is 2. The van der Waals surface area contributed by atoms with Gasteiger partial charge in [-0.05, 0) is 58.7 Å². The minimum atomic E-state index is -0.739. The summed E-state index contributed by atoms with van der Waals surface area (Å²) in [7, 11) is 0. The Labute approximate surface area is 166 Å². The Morgan fingerprint density at radius 2 is 1.74 bits per heavy atom. The second-order valence-corrected chi connectivity index (χ2v) is 7.25. The standard InChI is InChI=1S/C20H22BrFN2O3/c1-12(2)19(25)24-16-7-4-14(5-8-16)11-23-20(26)13(3)27-18-9-6-15(22)10-17(18)21/h4-10,12-13H,11H2,1-3H3,(H,23,26)(H,24,25). The molecule has 144 valence electrons. The minimum Gasteiger partial charge on any atom is -0.480 e. The molecule has 0 fully saturated rings. The lowest BCUT2D eigenvalue weighted by Crippen LogP contribution is -2.36. The molecule has 1 atom stereocenters. The van der Waals surface area contributed by atoms with Crippen LogP contribution in [0, 0.1) is 11.7 Å². The molecule has 2 rings (SSSR count). The van der Waals surface area contributed by atoms with Crippen LogP contribution in [0.25, 0.3) is 0 Å². The number of ether oxygens (including phenoxy) is 1. The SMILES string of the molecule is CC(C)C(=O)Nc1ccc(CNC(=O)C(C)Oc2ccc(F)cc2Br)cc1. The number of amides is 2. The number of hydrogen-bond donors (Lipinski definition) is 2. The van der Waals surface area contributed by atoms with Gasteiger partial charge in [0, 0.05) is 18.2 Å². The van der Waals surface area contributed by atoms with Crippen LogP contribution in [0.15, 0.2) is 46.9 Å². The molecule has 0 aliphatic rings. The third-order valence-corrected chi connectivity index (χ3v) is 4.40. The zero-order chi connectivity index (χ0) is 20.0. The van der Waals surface area contributed by atoms with E-state index in [0.717, 1.165) is 5.56 Å². The maximum Gasteiger partial charge on any atom is 0.261 e. The molecule has 0 spiro atoms. The highest BCUT2D eigenvalue weighted by Gasteiger charge is 2.16. The lowest BCUT2D eigenvalue weighted by molar-refractivity contribution is -0.127. The first-order chi connectivity index (χ1) is 12.8. The van der Waals surface area contributed by atoms with E-state index < -0.39 is 6.10 Å². The average Bonchev–Trinajstić information content (AvgIpc) is 2.63. The predicted molar refractivity (Wildman–Crippen MR) is 106 cm³/mol. The molecule has 1 unspecified atom stereocenters. The van der Waals surface area contributed by atoms with Crippen molar-refractivity contribution in [1.82, 2.24) is 5.32 Å². The van der Waals surface area contributed by atoms with E-state index in [2.05, 4.69) is 26.6 Å². The lowest BCUT2D eigenvalue weighted by Gasteiger charge is -2.16. The summed E-state index contributed by atoms with van der Waals surface area (Å²) in [6, 6.07) is 11.3. The second-order valence-electron chi connectivity index (χ2n) is 6.39. The molecule has 0 heterocycles. The van der Waals surface area contributed by atoms with E-state index in [0.29, 0.717) is 22.5 Å². The molecule has 2 aromatic carbocycles. The van der Waals surface area contributed by atoms with Crippen molar-refractivity contribution in [3.05, 3.63) is 58.3 Å². The van der Waals surface area contributed by atoms with Gasteiger partial charge in [-0.3, -0.25) is 9.59 Å². The van der Waals surface area contributed by atoms with Gasteiger partial charge in [-0.2, -0.15) is 0 Å².